The Balaban J connectivity index is 1.82. The molecule has 0 fully saturated rings. The maximum absolute atomic E-state index is 12.7. The zero-order valence-corrected chi connectivity index (χ0v) is 22.2. The molecular formula is C26H28N6O5S. The van der Waals surface area contributed by atoms with Crippen molar-refractivity contribution in [2.24, 2.45) is 0 Å². The Hall–Kier alpha value is -4.42. The number of thiol groups is 1. The molecule has 1 amide bonds. The Kier molecular flexibility index (Phi) is 8.24. The maximum atomic E-state index is 12.7. The summed E-state index contributed by atoms with van der Waals surface area (Å²) in [4.78, 5) is 23.3. The van der Waals surface area contributed by atoms with Gasteiger partial charge in [-0.25, -0.2) is 22.7 Å². The average molecular weight is 537 g/mol. The van der Waals surface area contributed by atoms with Gasteiger partial charge in [-0.2, -0.15) is 0 Å². The summed E-state index contributed by atoms with van der Waals surface area (Å²) in [5, 5.41) is 5.95. The fourth-order valence-corrected chi connectivity index (χ4v) is 4.34. The van der Waals surface area contributed by atoms with E-state index in [1.807, 2.05) is 6.07 Å². The van der Waals surface area contributed by atoms with Crippen molar-refractivity contribution >= 4 is 56.5 Å². The molecule has 0 aliphatic carbocycles. The number of hydrogen-bond donors (Lipinski definition) is 3. The molecule has 198 valence electrons. The van der Waals surface area contributed by atoms with Crippen LogP contribution in [0.15, 0.2) is 66.7 Å². The first-order valence-electron chi connectivity index (χ1n) is 11.5. The number of carbonyl (C=O) groups excluding carboxylic acids is 1. The predicted molar refractivity (Wildman–Crippen MR) is 148 cm³/mol. The van der Waals surface area contributed by atoms with Crippen LogP contribution in [0.1, 0.15) is 0 Å². The van der Waals surface area contributed by atoms with Gasteiger partial charge < -0.3 is 25.0 Å². The van der Waals surface area contributed by atoms with Gasteiger partial charge in [0.1, 0.15) is 11.5 Å². The lowest BCUT2D eigenvalue weighted by Crippen LogP contribution is -2.27. The van der Waals surface area contributed by atoms with E-state index >= 15 is 0 Å². The highest BCUT2D eigenvalue weighted by atomic mass is 32.2. The van der Waals surface area contributed by atoms with E-state index in [1.54, 1.807) is 79.7 Å². The largest absolute Gasteiger partial charge is 0.497 e. The normalized spacial score (nSPS) is 11.0. The monoisotopic (exact) mass is 536 g/mol. The summed E-state index contributed by atoms with van der Waals surface area (Å²) in [5.41, 5.74) is 2.35. The summed E-state index contributed by atoms with van der Waals surface area (Å²) in [5.74, 6) is 1.09. The van der Waals surface area contributed by atoms with Crippen molar-refractivity contribution in [3.05, 3.63) is 66.7 Å². The van der Waals surface area contributed by atoms with E-state index in [1.165, 1.54) is 14.2 Å². The van der Waals surface area contributed by atoms with Gasteiger partial charge in [0.15, 0.2) is 11.6 Å². The lowest BCUT2D eigenvalue weighted by atomic mass is 10.2. The second-order valence-corrected chi connectivity index (χ2v) is 9.37. The van der Waals surface area contributed by atoms with Crippen molar-refractivity contribution < 1.29 is 22.7 Å². The average Bonchev–Trinajstić information content (AvgIpc) is 2.88. The van der Waals surface area contributed by atoms with E-state index in [4.69, 9.17) is 9.47 Å². The lowest BCUT2D eigenvalue weighted by molar-refractivity contribution is -0.116. The molecule has 4 rings (SSSR count). The summed E-state index contributed by atoms with van der Waals surface area (Å²) in [6.07, 6.45) is 0. The van der Waals surface area contributed by atoms with Gasteiger partial charge in [0.2, 0.25) is 16.8 Å². The van der Waals surface area contributed by atoms with Crippen LogP contribution in [0, 0.1) is 0 Å². The Morgan fingerprint density at radius 3 is 2.13 bits per heavy atom. The van der Waals surface area contributed by atoms with Gasteiger partial charge in [0.25, 0.3) is 0 Å². The number of anilines is 5. The summed E-state index contributed by atoms with van der Waals surface area (Å²) in [6, 6.07) is 18.8. The van der Waals surface area contributed by atoms with Gasteiger partial charge in [-0.1, -0.05) is 18.2 Å². The Bertz CT molecular complexity index is 1510. The van der Waals surface area contributed by atoms with Crippen LogP contribution in [0.5, 0.6) is 11.5 Å². The number of benzene rings is 3. The number of fused-ring (bicyclic) bond motifs is 1. The first-order valence-corrected chi connectivity index (χ1v) is 12.7. The second-order valence-electron chi connectivity index (χ2n) is 8.50. The van der Waals surface area contributed by atoms with E-state index in [-0.39, 0.29) is 29.8 Å². The van der Waals surface area contributed by atoms with Crippen LogP contribution in [0.25, 0.3) is 11.0 Å². The quantitative estimate of drug-likeness (QED) is 0.261. The van der Waals surface area contributed by atoms with Gasteiger partial charge in [0, 0.05) is 29.6 Å². The molecule has 0 unspecified atom stereocenters. The van der Waals surface area contributed by atoms with Gasteiger partial charge in [-0.05, 0) is 44.4 Å². The first kappa shape index (κ1) is 26.6. The molecule has 1 heterocycles. The van der Waals surface area contributed by atoms with Crippen LogP contribution in [-0.4, -0.2) is 64.1 Å². The maximum Gasteiger partial charge on any atom is 0.238 e. The van der Waals surface area contributed by atoms with E-state index in [0.29, 0.717) is 33.9 Å². The molecule has 0 saturated heterocycles. The molecule has 11 nitrogen and oxygen atoms in total. The number of amides is 1. The summed E-state index contributed by atoms with van der Waals surface area (Å²) >= 11 is 0. The highest BCUT2D eigenvalue weighted by molar-refractivity contribution is 7.74. The van der Waals surface area contributed by atoms with E-state index in [9.17, 15) is 13.2 Å². The van der Waals surface area contributed by atoms with Gasteiger partial charge in [0.05, 0.1) is 37.5 Å². The number of ether oxygens (including phenoxy) is 2. The van der Waals surface area contributed by atoms with Crippen molar-refractivity contribution in [1.82, 2.24) is 14.9 Å². The molecule has 0 atom stereocenters. The van der Waals surface area contributed by atoms with Crippen molar-refractivity contribution in [3.63, 3.8) is 0 Å². The predicted octanol–water partition coefficient (Wildman–Crippen LogP) is 3.56. The number of likely N-dealkylation sites (N-methyl/N-ethyl adjacent to an activating group) is 1. The fourth-order valence-electron chi connectivity index (χ4n) is 3.74. The molecule has 0 radical (unpaired) electrons. The Morgan fingerprint density at radius 2 is 1.53 bits per heavy atom. The van der Waals surface area contributed by atoms with Crippen LogP contribution in [-0.2, 0) is 15.7 Å². The number of para-hydroxylation sites is 2. The van der Waals surface area contributed by atoms with Crippen LogP contribution in [0.3, 0.4) is 0 Å². The molecule has 12 heteroatoms. The van der Waals surface area contributed by atoms with Crippen LogP contribution < -0.4 is 24.4 Å². The Labute approximate surface area is 222 Å². The first-order chi connectivity index (χ1) is 18.3. The van der Waals surface area contributed by atoms with Crippen molar-refractivity contribution in [3.8, 4) is 11.5 Å². The lowest BCUT2D eigenvalue weighted by Gasteiger charge is -2.21. The second kappa shape index (κ2) is 11.8. The molecule has 0 aliphatic heterocycles. The molecule has 0 bridgehead atoms. The smallest absolute Gasteiger partial charge is 0.238 e. The third-order valence-corrected chi connectivity index (χ3v) is 6.11. The minimum atomic E-state index is -3.21. The van der Waals surface area contributed by atoms with E-state index in [0.717, 1.165) is 4.31 Å². The molecule has 0 saturated carbocycles. The zero-order chi connectivity index (χ0) is 27.2. The Morgan fingerprint density at radius 1 is 0.868 bits per heavy atom. The highest BCUT2D eigenvalue weighted by Crippen LogP contribution is 2.35. The molecule has 1 aromatic heterocycles. The van der Waals surface area contributed by atoms with Crippen molar-refractivity contribution in [1.29, 1.82) is 0 Å². The van der Waals surface area contributed by atoms with Crippen LogP contribution in [0.4, 0.5) is 28.7 Å². The standard InChI is InChI=1S/C26H28N6O5S/c1-31(2)16-24(33)27-17-8-7-9-19(12-17)32(38(34)35)26-25(29-22-10-5-6-11-23(22)30-26)28-18-13-20(36-3)15-21(14-18)37-4/h5-15,38H,16H2,1-4H3,(H,27,33)(H,28,29). The number of nitrogens with one attached hydrogen (secondary N) is 2. The van der Waals surface area contributed by atoms with Crippen LogP contribution in [0.2, 0.25) is 0 Å². The number of carbonyl (C=O) groups is 1. The number of aromatic nitrogens is 2. The third kappa shape index (κ3) is 6.28. The fraction of sp³-hybridized carbons (Fsp3) is 0.192. The molecule has 0 spiro atoms. The molecule has 38 heavy (non-hydrogen) atoms. The highest BCUT2D eigenvalue weighted by Gasteiger charge is 2.21. The van der Waals surface area contributed by atoms with Gasteiger partial charge in [-0.15, -0.1) is 0 Å². The SMILES string of the molecule is COc1cc(Nc2nc3ccccc3nc2N(c2cccc(NC(=O)CN(C)C)c2)[SH](=O)=O)cc(OC)c1. The minimum absolute atomic E-state index is 0.0540. The molecule has 0 aliphatic rings. The topological polar surface area (TPSA) is 126 Å². The molecule has 4 aromatic rings. The van der Waals surface area contributed by atoms with E-state index < -0.39 is 10.9 Å². The van der Waals surface area contributed by atoms with E-state index in [2.05, 4.69) is 20.6 Å². The van der Waals surface area contributed by atoms with Crippen molar-refractivity contribution in [2.45, 2.75) is 0 Å². The van der Waals surface area contributed by atoms with Crippen LogP contribution >= 0.6 is 0 Å². The summed E-state index contributed by atoms with van der Waals surface area (Å²) in [7, 11) is 3.43. The third-order valence-electron chi connectivity index (χ3n) is 5.36. The molecule has 3 aromatic carbocycles. The minimum Gasteiger partial charge on any atom is -0.497 e. The zero-order valence-electron chi connectivity index (χ0n) is 21.3. The number of rotatable bonds is 10. The number of nitrogens with zero attached hydrogens (tertiary/aromatic N) is 4. The number of hydrogen-bond acceptors (Lipinski definition) is 9. The number of methoxy groups -OCH3 is 2. The van der Waals surface area contributed by atoms with Gasteiger partial charge in [-0.3, -0.25) is 4.79 Å². The summed E-state index contributed by atoms with van der Waals surface area (Å²) < 4.78 is 37.1. The molecule has 2 N–H and O–H groups in total. The van der Waals surface area contributed by atoms with Crippen molar-refractivity contribution in [2.75, 3.05) is 49.8 Å². The van der Waals surface area contributed by atoms with Gasteiger partial charge >= 0.3 is 0 Å². The summed E-state index contributed by atoms with van der Waals surface area (Å²) in [6.45, 7) is 0.179. The molecular weight excluding hydrogens is 508 g/mol.